The maximum atomic E-state index is 12.9. The van der Waals surface area contributed by atoms with E-state index in [0.29, 0.717) is 0 Å². The number of anilines is 1. The summed E-state index contributed by atoms with van der Waals surface area (Å²) >= 11 is 1.69. The van der Waals surface area contributed by atoms with E-state index in [1.54, 1.807) is 11.8 Å². The quantitative estimate of drug-likeness (QED) is 0.766. The van der Waals surface area contributed by atoms with Gasteiger partial charge in [0, 0.05) is 22.2 Å². The average molecular weight is 297 g/mol. The van der Waals surface area contributed by atoms with E-state index in [1.165, 1.54) is 10.5 Å². The van der Waals surface area contributed by atoms with Crippen LogP contribution in [-0.2, 0) is 6.42 Å². The predicted octanol–water partition coefficient (Wildman–Crippen LogP) is 4.39. The summed E-state index contributed by atoms with van der Waals surface area (Å²) in [6.45, 7) is 2.13. The van der Waals surface area contributed by atoms with Crippen molar-refractivity contribution in [1.29, 1.82) is 0 Å². The summed E-state index contributed by atoms with van der Waals surface area (Å²) in [4.78, 5) is 16.0. The molecule has 108 valence electrons. The zero-order valence-corrected chi connectivity index (χ0v) is 13.2. The molecule has 0 fully saturated rings. The molecule has 0 radical (unpaired) electrons. The van der Waals surface area contributed by atoms with E-state index >= 15 is 0 Å². The Kier molecular flexibility index (Phi) is 4.02. The molecule has 3 heteroatoms. The van der Waals surface area contributed by atoms with E-state index in [4.69, 9.17) is 0 Å². The van der Waals surface area contributed by atoms with Gasteiger partial charge in [0.15, 0.2) is 0 Å². The standard InChI is InChI=1S/C18H19NOS/c1-13-7-8-14-5-3-4-6-17(14)19(13)18(20)15-9-11-16(21-2)12-10-15/h3-6,9-13H,7-8H2,1-2H3. The Hall–Kier alpha value is -1.74. The van der Waals surface area contributed by atoms with Crippen LogP contribution in [0.5, 0.6) is 0 Å². The molecule has 1 heterocycles. The Morgan fingerprint density at radius 2 is 1.86 bits per heavy atom. The molecule has 2 aromatic carbocycles. The van der Waals surface area contributed by atoms with Crippen molar-refractivity contribution in [3.8, 4) is 0 Å². The summed E-state index contributed by atoms with van der Waals surface area (Å²) in [7, 11) is 0. The number of thioether (sulfide) groups is 1. The van der Waals surface area contributed by atoms with E-state index in [0.717, 1.165) is 24.1 Å². The first-order chi connectivity index (χ1) is 10.2. The second-order valence-electron chi connectivity index (χ2n) is 5.42. The van der Waals surface area contributed by atoms with Crippen molar-refractivity contribution in [2.75, 3.05) is 11.2 Å². The van der Waals surface area contributed by atoms with Crippen LogP contribution in [0.3, 0.4) is 0 Å². The van der Waals surface area contributed by atoms with E-state index < -0.39 is 0 Å². The number of aryl methyl sites for hydroxylation is 1. The van der Waals surface area contributed by atoms with Crippen LogP contribution in [0.15, 0.2) is 53.4 Å². The molecule has 0 saturated heterocycles. The zero-order valence-electron chi connectivity index (χ0n) is 12.4. The maximum Gasteiger partial charge on any atom is 0.258 e. The molecule has 0 aliphatic carbocycles. The van der Waals surface area contributed by atoms with Crippen LogP contribution in [0.2, 0.25) is 0 Å². The molecule has 21 heavy (non-hydrogen) atoms. The molecule has 1 unspecified atom stereocenters. The second-order valence-corrected chi connectivity index (χ2v) is 6.30. The molecule has 0 bridgehead atoms. The lowest BCUT2D eigenvalue weighted by atomic mass is 9.96. The van der Waals surface area contributed by atoms with Crippen molar-refractivity contribution < 1.29 is 4.79 Å². The molecule has 1 atom stereocenters. The smallest absolute Gasteiger partial charge is 0.258 e. The minimum atomic E-state index is 0.0994. The molecule has 0 spiro atoms. The van der Waals surface area contributed by atoms with Gasteiger partial charge in [-0.3, -0.25) is 4.79 Å². The van der Waals surface area contributed by atoms with Gasteiger partial charge in [0.1, 0.15) is 0 Å². The highest BCUT2D eigenvalue weighted by molar-refractivity contribution is 7.98. The van der Waals surface area contributed by atoms with Gasteiger partial charge in [-0.15, -0.1) is 11.8 Å². The number of nitrogens with zero attached hydrogens (tertiary/aromatic N) is 1. The molecular weight excluding hydrogens is 278 g/mol. The number of hydrogen-bond acceptors (Lipinski definition) is 2. The average Bonchev–Trinajstić information content (AvgIpc) is 2.54. The Morgan fingerprint density at radius 1 is 1.14 bits per heavy atom. The summed E-state index contributed by atoms with van der Waals surface area (Å²) in [5, 5.41) is 0. The monoisotopic (exact) mass is 297 g/mol. The van der Waals surface area contributed by atoms with E-state index in [9.17, 15) is 4.79 Å². The zero-order chi connectivity index (χ0) is 14.8. The molecular formula is C18H19NOS. The summed E-state index contributed by atoms with van der Waals surface area (Å²) in [6.07, 6.45) is 4.11. The topological polar surface area (TPSA) is 20.3 Å². The van der Waals surface area contributed by atoms with Crippen molar-refractivity contribution in [2.45, 2.75) is 30.7 Å². The third-order valence-electron chi connectivity index (χ3n) is 4.08. The van der Waals surface area contributed by atoms with Crippen molar-refractivity contribution in [2.24, 2.45) is 0 Å². The highest BCUT2D eigenvalue weighted by atomic mass is 32.2. The van der Waals surface area contributed by atoms with Crippen LogP contribution < -0.4 is 4.90 Å². The molecule has 2 nitrogen and oxygen atoms in total. The van der Waals surface area contributed by atoms with Gasteiger partial charge in [-0.05, 0) is 61.9 Å². The van der Waals surface area contributed by atoms with Gasteiger partial charge in [-0.1, -0.05) is 18.2 Å². The lowest BCUT2D eigenvalue weighted by molar-refractivity contribution is 0.0975. The number of fused-ring (bicyclic) bond motifs is 1. The molecule has 1 aliphatic heterocycles. The fraction of sp³-hybridized carbons (Fsp3) is 0.278. The minimum absolute atomic E-state index is 0.0994. The van der Waals surface area contributed by atoms with Gasteiger partial charge in [0.05, 0.1) is 0 Å². The first-order valence-electron chi connectivity index (χ1n) is 7.26. The summed E-state index contributed by atoms with van der Waals surface area (Å²) < 4.78 is 0. The van der Waals surface area contributed by atoms with Gasteiger partial charge >= 0.3 is 0 Å². The Bertz CT molecular complexity index is 651. The third kappa shape index (κ3) is 2.70. The molecule has 2 aromatic rings. The van der Waals surface area contributed by atoms with Gasteiger partial charge < -0.3 is 4.90 Å². The molecule has 0 N–H and O–H groups in total. The third-order valence-corrected chi connectivity index (χ3v) is 4.82. The normalized spacial score (nSPS) is 17.4. The van der Waals surface area contributed by atoms with Crippen molar-refractivity contribution >= 4 is 23.4 Å². The van der Waals surface area contributed by atoms with E-state index in [-0.39, 0.29) is 11.9 Å². The van der Waals surface area contributed by atoms with Gasteiger partial charge in [-0.2, -0.15) is 0 Å². The number of amides is 1. The number of hydrogen-bond donors (Lipinski definition) is 0. The number of rotatable bonds is 2. The van der Waals surface area contributed by atoms with Crippen LogP contribution in [-0.4, -0.2) is 18.2 Å². The number of benzene rings is 2. The molecule has 0 aromatic heterocycles. The molecule has 1 aliphatic rings. The van der Waals surface area contributed by atoms with E-state index in [1.807, 2.05) is 47.6 Å². The highest BCUT2D eigenvalue weighted by Crippen LogP contribution is 2.31. The first-order valence-corrected chi connectivity index (χ1v) is 8.48. The fourth-order valence-electron chi connectivity index (χ4n) is 2.87. The lowest BCUT2D eigenvalue weighted by Gasteiger charge is -2.35. The first kappa shape index (κ1) is 14.2. The van der Waals surface area contributed by atoms with Gasteiger partial charge in [0.25, 0.3) is 5.91 Å². The fourth-order valence-corrected chi connectivity index (χ4v) is 3.28. The Balaban J connectivity index is 1.96. The Labute approximate surface area is 130 Å². The maximum absolute atomic E-state index is 12.9. The lowest BCUT2D eigenvalue weighted by Crippen LogP contribution is -2.42. The van der Waals surface area contributed by atoms with Crippen molar-refractivity contribution in [1.82, 2.24) is 0 Å². The van der Waals surface area contributed by atoms with Gasteiger partial charge in [0.2, 0.25) is 0 Å². The summed E-state index contributed by atoms with van der Waals surface area (Å²) in [6, 6.07) is 16.4. The Morgan fingerprint density at radius 3 is 2.57 bits per heavy atom. The largest absolute Gasteiger partial charge is 0.305 e. The SMILES string of the molecule is CSc1ccc(C(=O)N2c3ccccc3CCC2C)cc1. The molecule has 0 saturated carbocycles. The van der Waals surface area contributed by atoms with Crippen molar-refractivity contribution in [3.63, 3.8) is 0 Å². The second kappa shape index (κ2) is 5.94. The van der Waals surface area contributed by atoms with Crippen molar-refractivity contribution in [3.05, 3.63) is 59.7 Å². The van der Waals surface area contributed by atoms with E-state index in [2.05, 4.69) is 19.1 Å². The number of carbonyl (C=O) groups excluding carboxylic acids is 1. The predicted molar refractivity (Wildman–Crippen MR) is 89.3 cm³/mol. The molecule has 1 amide bonds. The van der Waals surface area contributed by atoms with Crippen LogP contribution >= 0.6 is 11.8 Å². The number of para-hydroxylation sites is 1. The minimum Gasteiger partial charge on any atom is -0.305 e. The number of carbonyl (C=O) groups is 1. The summed E-state index contributed by atoms with van der Waals surface area (Å²) in [5.74, 6) is 0.0994. The highest BCUT2D eigenvalue weighted by Gasteiger charge is 2.28. The summed E-state index contributed by atoms with van der Waals surface area (Å²) in [5.41, 5.74) is 3.09. The van der Waals surface area contributed by atoms with Crippen LogP contribution in [0.25, 0.3) is 0 Å². The van der Waals surface area contributed by atoms with Crippen LogP contribution in [0.1, 0.15) is 29.3 Å². The molecule has 3 rings (SSSR count). The van der Waals surface area contributed by atoms with Gasteiger partial charge in [-0.25, -0.2) is 0 Å². The van der Waals surface area contributed by atoms with Crippen LogP contribution in [0, 0.1) is 0 Å². The van der Waals surface area contributed by atoms with Crippen LogP contribution in [0.4, 0.5) is 5.69 Å².